The van der Waals surface area contributed by atoms with E-state index in [2.05, 4.69) is 39.4 Å². The predicted molar refractivity (Wildman–Crippen MR) is 119 cm³/mol. The molecule has 4 aliphatic carbocycles. The smallest absolute Gasteiger partial charge is 0.185 e. The Kier molecular flexibility index (Phi) is 5.01. The van der Waals surface area contributed by atoms with E-state index < -0.39 is 20.0 Å². The molecular formula is C25H38O3Si. The molecule has 3 nitrogen and oxygen atoms in total. The molecule has 0 saturated heterocycles. The Morgan fingerprint density at radius 1 is 1.24 bits per heavy atom. The van der Waals surface area contributed by atoms with E-state index in [0.29, 0.717) is 24.2 Å². The fraction of sp³-hybridized carbons (Fsp3) is 0.800. The Labute approximate surface area is 177 Å². The lowest BCUT2D eigenvalue weighted by Crippen LogP contribution is -2.59. The molecule has 160 valence electrons. The molecule has 1 N–H and O–H groups in total. The number of hydrogen-bond donors (Lipinski definition) is 1. The number of rotatable bonds is 3. The fourth-order valence-corrected chi connectivity index (χ4v) is 9.50. The van der Waals surface area contributed by atoms with Crippen LogP contribution in [0.15, 0.2) is 11.6 Å². The van der Waals surface area contributed by atoms with Crippen molar-refractivity contribution in [2.24, 2.45) is 34.5 Å². The Bertz CT molecular complexity index is 761. The molecule has 4 rings (SSSR count). The van der Waals surface area contributed by atoms with E-state index in [1.165, 1.54) is 11.9 Å². The van der Waals surface area contributed by atoms with Crippen LogP contribution in [-0.4, -0.2) is 31.4 Å². The lowest BCUT2D eigenvalue weighted by atomic mass is 9.44. The van der Waals surface area contributed by atoms with Gasteiger partial charge < -0.3 is 14.3 Å². The molecule has 4 aliphatic rings. The monoisotopic (exact) mass is 414 g/mol. The van der Waals surface area contributed by atoms with Crippen molar-refractivity contribution in [3.8, 4) is 12.3 Å². The third-order valence-electron chi connectivity index (χ3n) is 9.19. The average molecular weight is 415 g/mol. The van der Waals surface area contributed by atoms with Crippen molar-refractivity contribution in [3.05, 3.63) is 11.6 Å². The minimum Gasteiger partial charge on any atom is -0.401 e. The van der Waals surface area contributed by atoms with Gasteiger partial charge in [0.2, 0.25) is 0 Å². The van der Waals surface area contributed by atoms with E-state index in [9.17, 15) is 9.90 Å². The van der Waals surface area contributed by atoms with Crippen LogP contribution in [-0.2, 0) is 9.22 Å². The van der Waals surface area contributed by atoms with Gasteiger partial charge in [-0.05, 0) is 88.3 Å². The minimum atomic E-state index is -1.79. The number of aldehydes is 1. The first-order valence-electron chi connectivity index (χ1n) is 11.6. The van der Waals surface area contributed by atoms with Gasteiger partial charge in [0.1, 0.15) is 11.9 Å². The minimum absolute atomic E-state index is 0.00803. The van der Waals surface area contributed by atoms with E-state index in [0.717, 1.165) is 38.5 Å². The summed E-state index contributed by atoms with van der Waals surface area (Å²) in [5.41, 5.74) is 0.366. The molecule has 3 saturated carbocycles. The SMILES string of the molecule is C#CC1(O[Si](C)(C)C)CC[C@H]2[C@@H]3CCC4=CC(O)CC(C)[C@]4(C=O)[C@@H]3CC[C@@]21C. The molecule has 0 amide bonds. The van der Waals surface area contributed by atoms with Crippen LogP contribution < -0.4 is 0 Å². The molecule has 0 radical (unpaired) electrons. The van der Waals surface area contributed by atoms with Crippen molar-refractivity contribution in [1.29, 1.82) is 0 Å². The van der Waals surface area contributed by atoms with E-state index in [1.807, 2.05) is 6.08 Å². The van der Waals surface area contributed by atoms with Gasteiger partial charge in [-0.25, -0.2) is 0 Å². The zero-order valence-electron chi connectivity index (χ0n) is 18.8. The van der Waals surface area contributed by atoms with Crippen LogP contribution >= 0.6 is 0 Å². The lowest BCUT2D eigenvalue weighted by molar-refractivity contribution is -0.137. The first-order valence-corrected chi connectivity index (χ1v) is 15.0. The van der Waals surface area contributed by atoms with Crippen molar-refractivity contribution < 1.29 is 14.3 Å². The summed E-state index contributed by atoms with van der Waals surface area (Å²) >= 11 is 0. The van der Waals surface area contributed by atoms with Gasteiger partial charge in [-0.3, -0.25) is 0 Å². The van der Waals surface area contributed by atoms with Gasteiger partial charge >= 0.3 is 0 Å². The standard InChI is InChI=1S/C25H38O3Si/c1-7-24(28-29(4,5)6)13-11-21-20-9-8-18-15-19(27)14-17(2)25(18,16-26)22(20)10-12-23(21,24)3/h1,15-17,19-22,27H,8-14H2,2-6H3/t17?,19?,20-,21-,22+,23-,24?,25-/m0/s1. The number of carbonyl (C=O) groups excluding carboxylic acids is 1. The molecule has 0 heterocycles. The first-order chi connectivity index (χ1) is 13.5. The molecule has 0 aromatic heterocycles. The molecule has 0 bridgehead atoms. The highest BCUT2D eigenvalue weighted by Crippen LogP contribution is 2.68. The molecule has 0 aromatic carbocycles. The molecule has 8 atom stereocenters. The Morgan fingerprint density at radius 2 is 1.93 bits per heavy atom. The van der Waals surface area contributed by atoms with E-state index in [1.54, 1.807) is 0 Å². The lowest BCUT2D eigenvalue weighted by Gasteiger charge is -2.60. The number of aliphatic hydroxyl groups is 1. The quantitative estimate of drug-likeness (QED) is 0.307. The topological polar surface area (TPSA) is 46.5 Å². The van der Waals surface area contributed by atoms with E-state index in [4.69, 9.17) is 10.8 Å². The Balaban J connectivity index is 1.72. The average Bonchev–Trinajstić information content (AvgIpc) is 2.92. The molecule has 0 spiro atoms. The van der Waals surface area contributed by atoms with Crippen LogP contribution in [0.2, 0.25) is 19.6 Å². The van der Waals surface area contributed by atoms with Crippen LogP contribution in [0.5, 0.6) is 0 Å². The number of aliphatic hydroxyl groups excluding tert-OH is 1. The van der Waals surface area contributed by atoms with Gasteiger partial charge in [0.25, 0.3) is 0 Å². The summed E-state index contributed by atoms with van der Waals surface area (Å²) in [7, 11) is -1.79. The fourth-order valence-electron chi connectivity index (χ4n) is 8.06. The normalized spacial score (nSPS) is 49.3. The summed E-state index contributed by atoms with van der Waals surface area (Å²) in [6.07, 6.45) is 15.9. The van der Waals surface area contributed by atoms with Crippen LogP contribution in [0.3, 0.4) is 0 Å². The molecular weight excluding hydrogens is 376 g/mol. The number of allylic oxidation sites excluding steroid dienone is 1. The molecule has 29 heavy (non-hydrogen) atoms. The van der Waals surface area contributed by atoms with Crippen molar-refractivity contribution in [1.82, 2.24) is 0 Å². The summed E-state index contributed by atoms with van der Waals surface area (Å²) in [5.74, 6) is 4.78. The molecule has 3 unspecified atom stereocenters. The zero-order valence-corrected chi connectivity index (χ0v) is 19.8. The van der Waals surface area contributed by atoms with Gasteiger partial charge in [0.15, 0.2) is 8.32 Å². The maximum absolute atomic E-state index is 12.7. The Hall–Kier alpha value is -0.893. The number of carbonyl (C=O) groups is 1. The first kappa shape index (κ1) is 21.3. The second kappa shape index (κ2) is 6.80. The van der Waals surface area contributed by atoms with Crippen molar-refractivity contribution in [2.45, 2.75) is 90.1 Å². The molecule has 4 heteroatoms. The predicted octanol–water partition coefficient (Wildman–Crippen LogP) is 4.96. The second-order valence-corrected chi connectivity index (χ2v) is 16.0. The van der Waals surface area contributed by atoms with Crippen molar-refractivity contribution in [2.75, 3.05) is 0 Å². The second-order valence-electron chi connectivity index (χ2n) is 11.5. The third-order valence-corrected chi connectivity index (χ3v) is 10.1. The van der Waals surface area contributed by atoms with Gasteiger partial charge in [0, 0.05) is 5.41 Å². The van der Waals surface area contributed by atoms with E-state index >= 15 is 0 Å². The maximum Gasteiger partial charge on any atom is 0.185 e. The van der Waals surface area contributed by atoms with Crippen LogP contribution in [0.4, 0.5) is 0 Å². The zero-order chi connectivity index (χ0) is 21.2. The van der Waals surface area contributed by atoms with Crippen LogP contribution in [0, 0.1) is 46.8 Å². The van der Waals surface area contributed by atoms with E-state index in [-0.39, 0.29) is 16.7 Å². The summed E-state index contributed by atoms with van der Waals surface area (Å²) in [5, 5.41) is 10.3. The number of hydrogen-bond acceptors (Lipinski definition) is 3. The highest BCUT2D eigenvalue weighted by molar-refractivity contribution is 6.69. The third kappa shape index (κ3) is 2.87. The van der Waals surface area contributed by atoms with Gasteiger partial charge in [-0.15, -0.1) is 6.42 Å². The van der Waals surface area contributed by atoms with Crippen molar-refractivity contribution in [3.63, 3.8) is 0 Å². The van der Waals surface area contributed by atoms with Gasteiger partial charge in [-0.2, -0.15) is 0 Å². The highest BCUT2D eigenvalue weighted by atomic mass is 28.4. The summed E-state index contributed by atoms with van der Waals surface area (Å²) in [4.78, 5) is 12.7. The maximum atomic E-state index is 12.7. The molecule has 3 fully saturated rings. The number of terminal acetylenes is 1. The molecule has 0 aliphatic heterocycles. The largest absolute Gasteiger partial charge is 0.401 e. The van der Waals surface area contributed by atoms with Crippen LogP contribution in [0.1, 0.15) is 58.8 Å². The summed E-state index contributed by atoms with van der Waals surface area (Å²) in [6.45, 7) is 11.3. The number of fused-ring (bicyclic) bond motifs is 5. The van der Waals surface area contributed by atoms with Gasteiger partial charge in [-0.1, -0.05) is 31.4 Å². The summed E-state index contributed by atoms with van der Waals surface area (Å²) in [6, 6.07) is 0. The summed E-state index contributed by atoms with van der Waals surface area (Å²) < 4.78 is 6.77. The van der Waals surface area contributed by atoms with Gasteiger partial charge in [0.05, 0.1) is 11.5 Å². The Morgan fingerprint density at radius 3 is 2.55 bits per heavy atom. The highest BCUT2D eigenvalue weighted by Gasteiger charge is 2.66. The van der Waals surface area contributed by atoms with Crippen molar-refractivity contribution >= 4 is 14.6 Å². The van der Waals surface area contributed by atoms with Crippen LogP contribution in [0.25, 0.3) is 0 Å². The molecule has 0 aromatic rings.